The molecule has 4 heteroatoms. The number of nitrogens with zero attached hydrogens (tertiary/aromatic N) is 2. The average Bonchev–Trinajstić information content (AvgIpc) is 3.00. The Morgan fingerprint density at radius 2 is 2.32 bits per heavy atom. The van der Waals surface area contributed by atoms with Crippen LogP contribution in [0, 0.1) is 0 Å². The first-order valence-electron chi connectivity index (χ1n) is 7.36. The molecule has 1 N–H and O–H groups in total. The van der Waals surface area contributed by atoms with Gasteiger partial charge in [-0.25, -0.2) is 0 Å². The molecule has 108 valence electrons. The molecular formula is C15H27N3S. The van der Waals surface area contributed by atoms with Crippen molar-refractivity contribution in [2.45, 2.75) is 25.3 Å². The third-order valence-corrected chi connectivity index (χ3v) is 4.55. The second kappa shape index (κ2) is 8.00. The minimum Gasteiger partial charge on any atom is -0.315 e. The highest BCUT2D eigenvalue weighted by Gasteiger charge is 2.23. The highest BCUT2D eigenvalue weighted by Crippen LogP contribution is 2.16. The van der Waals surface area contributed by atoms with Crippen LogP contribution in [-0.4, -0.2) is 62.7 Å². The van der Waals surface area contributed by atoms with Gasteiger partial charge < -0.3 is 10.2 Å². The molecule has 0 aliphatic carbocycles. The lowest BCUT2D eigenvalue weighted by molar-refractivity contribution is 0.208. The largest absolute Gasteiger partial charge is 0.315 e. The molecule has 1 atom stereocenters. The molecule has 0 saturated carbocycles. The van der Waals surface area contributed by atoms with Crippen molar-refractivity contribution in [1.82, 2.24) is 15.1 Å². The number of nitrogens with one attached hydrogen (secondary N) is 1. The van der Waals surface area contributed by atoms with Crippen LogP contribution in [0.2, 0.25) is 0 Å². The van der Waals surface area contributed by atoms with Gasteiger partial charge in [-0.3, -0.25) is 4.90 Å². The van der Waals surface area contributed by atoms with Gasteiger partial charge in [0.2, 0.25) is 0 Å². The minimum atomic E-state index is 0.772. The van der Waals surface area contributed by atoms with Gasteiger partial charge in [-0.05, 0) is 68.8 Å². The van der Waals surface area contributed by atoms with Crippen LogP contribution in [0.3, 0.4) is 0 Å². The molecular weight excluding hydrogens is 254 g/mol. The highest BCUT2D eigenvalue weighted by atomic mass is 32.1. The zero-order chi connectivity index (χ0) is 13.5. The maximum Gasteiger partial charge on any atom is 0.0223 e. The molecule has 0 amide bonds. The van der Waals surface area contributed by atoms with E-state index in [0.29, 0.717) is 0 Å². The summed E-state index contributed by atoms with van der Waals surface area (Å²) in [6.07, 6.45) is 3.89. The number of likely N-dealkylation sites (N-methyl/N-ethyl adjacent to an activating group) is 1. The van der Waals surface area contributed by atoms with E-state index in [0.717, 1.165) is 25.6 Å². The summed E-state index contributed by atoms with van der Waals surface area (Å²) in [5.41, 5.74) is 1.46. The fourth-order valence-electron chi connectivity index (χ4n) is 2.83. The van der Waals surface area contributed by atoms with Gasteiger partial charge in [0.1, 0.15) is 0 Å². The smallest absolute Gasteiger partial charge is 0.0223 e. The van der Waals surface area contributed by atoms with Crippen molar-refractivity contribution < 1.29 is 0 Å². The van der Waals surface area contributed by atoms with Gasteiger partial charge in [-0.1, -0.05) is 0 Å². The molecule has 1 aliphatic rings. The maximum absolute atomic E-state index is 3.57. The van der Waals surface area contributed by atoms with E-state index >= 15 is 0 Å². The van der Waals surface area contributed by atoms with E-state index in [1.807, 2.05) is 0 Å². The standard InChI is InChI=1S/C15H27N3S/c1-17(2)12-15-4-3-9-18(15)10-8-16-7-5-14-6-11-19-13-14/h6,11,13,15-16H,3-5,7-10,12H2,1-2H3. The van der Waals surface area contributed by atoms with E-state index in [4.69, 9.17) is 0 Å². The van der Waals surface area contributed by atoms with E-state index in [1.54, 1.807) is 11.3 Å². The van der Waals surface area contributed by atoms with E-state index in [1.165, 1.54) is 38.0 Å². The molecule has 1 aliphatic heterocycles. The highest BCUT2D eigenvalue weighted by molar-refractivity contribution is 7.07. The lowest BCUT2D eigenvalue weighted by Crippen LogP contribution is -2.41. The zero-order valence-corrected chi connectivity index (χ0v) is 13.1. The fraction of sp³-hybridized carbons (Fsp3) is 0.733. The first-order chi connectivity index (χ1) is 9.25. The van der Waals surface area contributed by atoms with Crippen LogP contribution in [0.5, 0.6) is 0 Å². The lowest BCUT2D eigenvalue weighted by Gasteiger charge is -2.27. The summed E-state index contributed by atoms with van der Waals surface area (Å²) in [6.45, 7) is 5.90. The lowest BCUT2D eigenvalue weighted by atomic mass is 10.2. The van der Waals surface area contributed by atoms with Crippen LogP contribution >= 0.6 is 11.3 Å². The normalized spacial score (nSPS) is 20.5. The summed E-state index contributed by atoms with van der Waals surface area (Å²) in [5.74, 6) is 0. The monoisotopic (exact) mass is 281 g/mol. The first-order valence-corrected chi connectivity index (χ1v) is 8.30. The topological polar surface area (TPSA) is 18.5 Å². The molecule has 1 saturated heterocycles. The second-order valence-electron chi connectivity index (χ2n) is 5.73. The molecule has 2 rings (SSSR count). The van der Waals surface area contributed by atoms with Crippen LogP contribution in [0.25, 0.3) is 0 Å². The van der Waals surface area contributed by atoms with E-state index in [-0.39, 0.29) is 0 Å². The molecule has 0 bridgehead atoms. The minimum absolute atomic E-state index is 0.772. The van der Waals surface area contributed by atoms with Crippen LogP contribution in [0.15, 0.2) is 16.8 Å². The molecule has 2 heterocycles. The number of thiophene rings is 1. The summed E-state index contributed by atoms with van der Waals surface area (Å²) in [4.78, 5) is 4.96. The van der Waals surface area contributed by atoms with Crippen LogP contribution < -0.4 is 5.32 Å². The Labute approximate surface area is 121 Å². The number of rotatable bonds is 8. The van der Waals surface area contributed by atoms with Gasteiger partial charge in [0.05, 0.1) is 0 Å². The van der Waals surface area contributed by atoms with Crippen LogP contribution in [0.4, 0.5) is 0 Å². The molecule has 1 aromatic heterocycles. The average molecular weight is 281 g/mol. The summed E-state index contributed by atoms with van der Waals surface area (Å²) >= 11 is 1.79. The van der Waals surface area contributed by atoms with Gasteiger partial charge in [0, 0.05) is 25.7 Å². The van der Waals surface area contributed by atoms with Gasteiger partial charge in [-0.2, -0.15) is 11.3 Å². The molecule has 19 heavy (non-hydrogen) atoms. The maximum atomic E-state index is 3.57. The number of likely N-dealkylation sites (tertiary alicyclic amines) is 1. The van der Waals surface area contributed by atoms with E-state index < -0.39 is 0 Å². The second-order valence-corrected chi connectivity index (χ2v) is 6.51. The molecule has 1 fully saturated rings. The Morgan fingerprint density at radius 3 is 3.05 bits per heavy atom. The predicted molar refractivity (Wildman–Crippen MR) is 84.0 cm³/mol. The molecule has 1 aromatic rings. The summed E-state index contributed by atoms with van der Waals surface area (Å²) in [5, 5.41) is 7.98. The van der Waals surface area contributed by atoms with E-state index in [9.17, 15) is 0 Å². The summed E-state index contributed by atoms with van der Waals surface area (Å²) < 4.78 is 0. The van der Waals surface area contributed by atoms with Crippen molar-refractivity contribution >= 4 is 11.3 Å². The van der Waals surface area contributed by atoms with Gasteiger partial charge in [-0.15, -0.1) is 0 Å². The Kier molecular flexibility index (Phi) is 6.31. The molecule has 0 radical (unpaired) electrons. The SMILES string of the molecule is CN(C)CC1CCCN1CCNCCc1ccsc1. The first kappa shape index (κ1) is 15.0. The van der Waals surface area contributed by atoms with Gasteiger partial charge in [0.15, 0.2) is 0 Å². The van der Waals surface area contributed by atoms with Crippen molar-refractivity contribution in [1.29, 1.82) is 0 Å². The Balaban J connectivity index is 1.57. The Hall–Kier alpha value is -0.420. The third-order valence-electron chi connectivity index (χ3n) is 3.82. The van der Waals surface area contributed by atoms with Crippen molar-refractivity contribution in [3.8, 4) is 0 Å². The van der Waals surface area contributed by atoms with Crippen molar-refractivity contribution in [2.24, 2.45) is 0 Å². The molecule has 1 unspecified atom stereocenters. The quantitative estimate of drug-likeness (QED) is 0.734. The number of hydrogen-bond donors (Lipinski definition) is 1. The molecule has 0 spiro atoms. The summed E-state index contributed by atoms with van der Waals surface area (Å²) in [7, 11) is 4.35. The van der Waals surface area contributed by atoms with Crippen molar-refractivity contribution in [3.63, 3.8) is 0 Å². The van der Waals surface area contributed by atoms with Crippen LogP contribution in [-0.2, 0) is 6.42 Å². The zero-order valence-electron chi connectivity index (χ0n) is 12.3. The predicted octanol–water partition coefficient (Wildman–Crippen LogP) is 1.91. The van der Waals surface area contributed by atoms with Crippen LogP contribution in [0.1, 0.15) is 18.4 Å². The summed E-state index contributed by atoms with van der Waals surface area (Å²) in [6, 6.07) is 2.99. The fourth-order valence-corrected chi connectivity index (χ4v) is 3.54. The van der Waals surface area contributed by atoms with E-state index in [2.05, 4.69) is 46.0 Å². The Bertz CT molecular complexity index is 337. The van der Waals surface area contributed by atoms with Crippen molar-refractivity contribution in [3.05, 3.63) is 22.4 Å². The molecule has 0 aromatic carbocycles. The molecule has 3 nitrogen and oxygen atoms in total. The van der Waals surface area contributed by atoms with Gasteiger partial charge in [0.25, 0.3) is 0 Å². The van der Waals surface area contributed by atoms with Gasteiger partial charge >= 0.3 is 0 Å². The Morgan fingerprint density at radius 1 is 1.42 bits per heavy atom. The third kappa shape index (κ3) is 5.22. The van der Waals surface area contributed by atoms with Crippen molar-refractivity contribution in [2.75, 3.05) is 46.8 Å². The number of hydrogen-bond acceptors (Lipinski definition) is 4.